The van der Waals surface area contributed by atoms with Crippen LogP contribution in [0.3, 0.4) is 0 Å². The maximum atomic E-state index is 14.0. The molecule has 0 radical (unpaired) electrons. The minimum absolute atomic E-state index is 0.0332. The first-order valence-corrected chi connectivity index (χ1v) is 7.35. The van der Waals surface area contributed by atoms with Crippen molar-refractivity contribution < 1.29 is 23.8 Å². The summed E-state index contributed by atoms with van der Waals surface area (Å²) in [6.07, 6.45) is 1.23. The fourth-order valence-electron chi connectivity index (χ4n) is 2.35. The van der Waals surface area contributed by atoms with Crippen LogP contribution in [-0.2, 0) is 9.53 Å². The van der Waals surface area contributed by atoms with E-state index in [0.29, 0.717) is 0 Å². The number of carboxylic acids is 1. The number of nitrogens with zero attached hydrogens (tertiary/aromatic N) is 4. The lowest BCUT2D eigenvalue weighted by Gasteiger charge is -2.32. The van der Waals surface area contributed by atoms with Crippen LogP contribution in [0.4, 0.5) is 4.39 Å². The Morgan fingerprint density at radius 3 is 2.96 bits per heavy atom. The van der Waals surface area contributed by atoms with Gasteiger partial charge in [-0.05, 0) is 12.1 Å². The fraction of sp³-hybridized carbons (Fsp3) is 0.286. The van der Waals surface area contributed by atoms with E-state index < -0.39 is 23.7 Å². The zero-order valence-corrected chi connectivity index (χ0v) is 13.0. The van der Waals surface area contributed by atoms with E-state index in [2.05, 4.69) is 10.3 Å². The van der Waals surface area contributed by atoms with Gasteiger partial charge in [-0.15, -0.1) is 5.10 Å². The van der Waals surface area contributed by atoms with Gasteiger partial charge in [0, 0.05) is 6.54 Å². The first kappa shape index (κ1) is 16.3. The summed E-state index contributed by atoms with van der Waals surface area (Å²) in [6.45, 7) is 0.249. The zero-order valence-electron chi connectivity index (χ0n) is 12.2. The predicted octanol–water partition coefficient (Wildman–Crippen LogP) is 0.985. The summed E-state index contributed by atoms with van der Waals surface area (Å²) >= 11 is 5.72. The maximum Gasteiger partial charge on any atom is 0.328 e. The summed E-state index contributed by atoms with van der Waals surface area (Å²) in [6, 6.07) is 3.25. The zero-order chi connectivity index (χ0) is 17.3. The Hall–Kier alpha value is -2.52. The van der Waals surface area contributed by atoms with Crippen LogP contribution in [0.5, 0.6) is 0 Å². The first-order valence-electron chi connectivity index (χ1n) is 6.97. The van der Waals surface area contributed by atoms with Crippen LogP contribution in [0.1, 0.15) is 10.5 Å². The van der Waals surface area contributed by atoms with E-state index >= 15 is 0 Å². The summed E-state index contributed by atoms with van der Waals surface area (Å²) < 4.78 is 20.2. The van der Waals surface area contributed by atoms with Gasteiger partial charge in [-0.3, -0.25) is 4.79 Å². The normalized spacial score (nSPS) is 17.8. The van der Waals surface area contributed by atoms with Crippen LogP contribution in [-0.4, -0.2) is 62.7 Å². The third-order valence-electron chi connectivity index (χ3n) is 3.56. The molecule has 2 aromatic rings. The van der Waals surface area contributed by atoms with E-state index in [-0.39, 0.29) is 36.2 Å². The number of hydrogen-bond donors (Lipinski definition) is 1. The van der Waals surface area contributed by atoms with Crippen molar-refractivity contribution in [2.45, 2.75) is 6.04 Å². The molecular formula is C14H12ClFN4O4. The Morgan fingerprint density at radius 1 is 1.42 bits per heavy atom. The minimum atomic E-state index is -1.17. The molecule has 1 aromatic heterocycles. The number of halogens is 2. The Labute approximate surface area is 140 Å². The average molecular weight is 355 g/mol. The summed E-state index contributed by atoms with van der Waals surface area (Å²) in [7, 11) is 0. The van der Waals surface area contributed by atoms with Crippen molar-refractivity contribution in [2.24, 2.45) is 0 Å². The highest BCUT2D eigenvalue weighted by Gasteiger charge is 2.34. The van der Waals surface area contributed by atoms with Gasteiger partial charge < -0.3 is 14.7 Å². The SMILES string of the molecule is O=C(O)C1COCCN1C(=O)c1cn(-c2cccc(Cl)c2F)nn1. The van der Waals surface area contributed by atoms with Gasteiger partial charge in [0.05, 0.1) is 24.4 Å². The standard InChI is InChI=1S/C14H12ClFN4O4/c15-8-2-1-3-10(12(8)16)20-6-9(17-18-20)13(21)19-4-5-24-7-11(19)14(22)23/h1-3,6,11H,4-5,7H2,(H,22,23). The monoisotopic (exact) mass is 354 g/mol. The molecule has 1 aromatic carbocycles. The first-order chi connectivity index (χ1) is 11.5. The van der Waals surface area contributed by atoms with E-state index in [0.717, 1.165) is 9.58 Å². The largest absolute Gasteiger partial charge is 0.480 e. The molecule has 24 heavy (non-hydrogen) atoms. The van der Waals surface area contributed by atoms with Crippen molar-refractivity contribution in [1.29, 1.82) is 0 Å². The van der Waals surface area contributed by atoms with Gasteiger partial charge in [-0.1, -0.05) is 22.9 Å². The number of benzene rings is 1. The van der Waals surface area contributed by atoms with Crippen molar-refractivity contribution in [2.75, 3.05) is 19.8 Å². The molecule has 1 atom stereocenters. The van der Waals surface area contributed by atoms with Gasteiger partial charge in [-0.25, -0.2) is 13.9 Å². The number of carbonyl (C=O) groups excluding carboxylic acids is 1. The topological polar surface area (TPSA) is 97.6 Å². The van der Waals surface area contributed by atoms with Gasteiger partial charge in [0.1, 0.15) is 5.69 Å². The number of aromatic nitrogens is 3. The van der Waals surface area contributed by atoms with Crippen molar-refractivity contribution in [3.05, 3.63) is 40.9 Å². The van der Waals surface area contributed by atoms with Crippen molar-refractivity contribution in [3.63, 3.8) is 0 Å². The summed E-state index contributed by atoms with van der Waals surface area (Å²) in [5.41, 5.74) is -0.0617. The molecular weight excluding hydrogens is 343 g/mol. The molecule has 1 fully saturated rings. The van der Waals surface area contributed by atoms with Crippen LogP contribution in [0.25, 0.3) is 5.69 Å². The van der Waals surface area contributed by atoms with Crippen LogP contribution < -0.4 is 0 Å². The third kappa shape index (κ3) is 2.95. The number of amides is 1. The summed E-state index contributed by atoms with van der Waals surface area (Å²) in [5.74, 6) is -2.48. The van der Waals surface area contributed by atoms with E-state index in [1.807, 2.05) is 0 Å². The Morgan fingerprint density at radius 2 is 2.21 bits per heavy atom. The van der Waals surface area contributed by atoms with Crippen molar-refractivity contribution in [3.8, 4) is 5.69 Å². The Balaban J connectivity index is 1.88. The van der Waals surface area contributed by atoms with Crippen molar-refractivity contribution >= 4 is 23.5 Å². The highest BCUT2D eigenvalue weighted by molar-refractivity contribution is 6.30. The minimum Gasteiger partial charge on any atom is -0.480 e. The molecule has 1 saturated heterocycles. The lowest BCUT2D eigenvalue weighted by atomic mass is 10.2. The second kappa shape index (κ2) is 6.54. The van der Waals surface area contributed by atoms with E-state index in [4.69, 9.17) is 16.3 Å². The molecule has 0 saturated carbocycles. The molecule has 1 amide bonds. The van der Waals surface area contributed by atoms with Gasteiger partial charge >= 0.3 is 5.97 Å². The van der Waals surface area contributed by atoms with Crippen LogP contribution in [0, 0.1) is 5.82 Å². The quantitative estimate of drug-likeness (QED) is 0.882. The molecule has 8 nitrogen and oxygen atoms in total. The number of hydrogen-bond acceptors (Lipinski definition) is 5. The van der Waals surface area contributed by atoms with Gasteiger partial charge in [0.15, 0.2) is 17.6 Å². The average Bonchev–Trinajstić information content (AvgIpc) is 3.06. The Bertz CT molecular complexity index is 797. The number of carbonyl (C=O) groups is 2. The Kier molecular flexibility index (Phi) is 4.45. The summed E-state index contributed by atoms with van der Waals surface area (Å²) in [5, 5.41) is 16.5. The predicted molar refractivity (Wildman–Crippen MR) is 79.6 cm³/mol. The summed E-state index contributed by atoms with van der Waals surface area (Å²) in [4.78, 5) is 24.9. The number of aliphatic carboxylic acids is 1. The van der Waals surface area contributed by atoms with E-state index in [1.165, 1.54) is 24.4 Å². The van der Waals surface area contributed by atoms with Gasteiger partial charge in [-0.2, -0.15) is 0 Å². The molecule has 0 aliphatic carbocycles. The molecule has 126 valence electrons. The maximum absolute atomic E-state index is 14.0. The molecule has 0 spiro atoms. The number of ether oxygens (including phenoxy) is 1. The highest BCUT2D eigenvalue weighted by Crippen LogP contribution is 2.21. The van der Waals surface area contributed by atoms with E-state index in [9.17, 15) is 19.1 Å². The second-order valence-corrected chi connectivity index (χ2v) is 5.46. The molecule has 3 rings (SSSR count). The second-order valence-electron chi connectivity index (χ2n) is 5.05. The van der Waals surface area contributed by atoms with Gasteiger partial charge in [0.25, 0.3) is 5.91 Å². The number of rotatable bonds is 3. The van der Waals surface area contributed by atoms with Crippen molar-refractivity contribution in [1.82, 2.24) is 19.9 Å². The highest BCUT2D eigenvalue weighted by atomic mass is 35.5. The van der Waals surface area contributed by atoms with Crippen LogP contribution in [0.2, 0.25) is 5.02 Å². The lowest BCUT2D eigenvalue weighted by molar-refractivity contribution is -0.147. The van der Waals surface area contributed by atoms with Crippen LogP contribution >= 0.6 is 11.6 Å². The molecule has 1 aliphatic rings. The van der Waals surface area contributed by atoms with Crippen LogP contribution in [0.15, 0.2) is 24.4 Å². The molecule has 10 heteroatoms. The van der Waals surface area contributed by atoms with Gasteiger partial charge in [0.2, 0.25) is 0 Å². The number of morpholine rings is 1. The fourth-order valence-corrected chi connectivity index (χ4v) is 2.52. The molecule has 2 heterocycles. The molecule has 1 N–H and O–H groups in total. The molecule has 0 bridgehead atoms. The lowest BCUT2D eigenvalue weighted by Crippen LogP contribution is -2.52. The number of carboxylic acid groups (broad SMARTS) is 1. The third-order valence-corrected chi connectivity index (χ3v) is 3.86. The molecule has 1 aliphatic heterocycles. The molecule has 1 unspecified atom stereocenters. The van der Waals surface area contributed by atoms with E-state index in [1.54, 1.807) is 0 Å². The smallest absolute Gasteiger partial charge is 0.328 e.